The SMILES string of the molecule is CC(Nc1ccc2c(c1)Sc1cccc(-c3cc(N4CCOCC4)cc(=O)[nH]3)c1S2)c1ncc(CN2CCCC2)cn1. The van der Waals surface area contributed by atoms with Crippen LogP contribution in [0.15, 0.2) is 85.3 Å². The van der Waals surface area contributed by atoms with Crippen LogP contribution in [0.25, 0.3) is 11.3 Å². The highest BCUT2D eigenvalue weighted by atomic mass is 32.2. The van der Waals surface area contributed by atoms with E-state index in [0.29, 0.717) is 13.2 Å². The largest absolute Gasteiger partial charge is 0.378 e. The number of likely N-dealkylation sites (tertiary alicyclic amines) is 1. The van der Waals surface area contributed by atoms with Crippen LogP contribution < -0.4 is 15.8 Å². The minimum absolute atomic E-state index is 0.0143. The molecule has 42 heavy (non-hydrogen) atoms. The molecule has 4 aromatic rings. The number of hydrogen-bond acceptors (Lipinski definition) is 9. The molecule has 5 heterocycles. The molecule has 0 saturated carbocycles. The Morgan fingerprint density at radius 3 is 2.57 bits per heavy atom. The molecular weight excluding hydrogens is 565 g/mol. The van der Waals surface area contributed by atoms with Crippen LogP contribution in [0.5, 0.6) is 0 Å². The number of pyridine rings is 1. The third kappa shape index (κ3) is 5.94. The zero-order valence-corrected chi connectivity index (χ0v) is 25.3. The maximum absolute atomic E-state index is 12.7. The minimum Gasteiger partial charge on any atom is -0.378 e. The van der Waals surface area contributed by atoms with E-state index in [2.05, 4.69) is 79.5 Å². The number of aromatic nitrogens is 3. The summed E-state index contributed by atoms with van der Waals surface area (Å²) < 4.78 is 5.50. The van der Waals surface area contributed by atoms with Gasteiger partial charge in [0.05, 0.1) is 24.9 Å². The zero-order valence-electron chi connectivity index (χ0n) is 23.6. The van der Waals surface area contributed by atoms with Gasteiger partial charge in [-0.25, -0.2) is 9.97 Å². The maximum atomic E-state index is 12.7. The van der Waals surface area contributed by atoms with Gasteiger partial charge < -0.3 is 19.9 Å². The Bertz CT molecular complexity index is 1630. The third-order valence-corrected chi connectivity index (χ3v) is 10.5. The summed E-state index contributed by atoms with van der Waals surface area (Å²) in [5.74, 6) is 0.795. The lowest BCUT2D eigenvalue weighted by Gasteiger charge is -2.29. The van der Waals surface area contributed by atoms with Gasteiger partial charge in [0.1, 0.15) is 5.82 Å². The van der Waals surface area contributed by atoms with Crippen molar-refractivity contribution < 1.29 is 4.74 Å². The molecule has 2 N–H and O–H groups in total. The van der Waals surface area contributed by atoms with E-state index in [1.54, 1.807) is 29.6 Å². The van der Waals surface area contributed by atoms with Gasteiger partial charge in [-0.15, -0.1) is 0 Å². The molecule has 0 amide bonds. The van der Waals surface area contributed by atoms with Crippen LogP contribution in [-0.2, 0) is 11.3 Å². The van der Waals surface area contributed by atoms with Gasteiger partial charge in [0.2, 0.25) is 5.56 Å². The van der Waals surface area contributed by atoms with Crippen LogP contribution in [0.4, 0.5) is 11.4 Å². The molecule has 7 rings (SSSR count). The molecule has 0 bridgehead atoms. The van der Waals surface area contributed by atoms with Gasteiger partial charge in [-0.05, 0) is 63.2 Å². The van der Waals surface area contributed by atoms with Crippen LogP contribution in [0.2, 0.25) is 0 Å². The number of ether oxygens (including phenoxy) is 1. The van der Waals surface area contributed by atoms with E-state index >= 15 is 0 Å². The van der Waals surface area contributed by atoms with E-state index in [9.17, 15) is 4.79 Å². The number of hydrogen-bond donors (Lipinski definition) is 2. The highest BCUT2D eigenvalue weighted by molar-refractivity contribution is 8.05. The van der Waals surface area contributed by atoms with Gasteiger partial charge in [0.15, 0.2) is 0 Å². The Hall–Kier alpha value is -3.31. The van der Waals surface area contributed by atoms with E-state index < -0.39 is 0 Å². The van der Waals surface area contributed by atoms with Gasteiger partial charge >= 0.3 is 0 Å². The van der Waals surface area contributed by atoms with Crippen LogP contribution in [-0.4, -0.2) is 59.2 Å². The van der Waals surface area contributed by atoms with E-state index in [0.717, 1.165) is 48.1 Å². The number of morpholine rings is 1. The Kier molecular flexibility index (Phi) is 7.94. The first-order valence-corrected chi connectivity index (χ1v) is 16.2. The van der Waals surface area contributed by atoms with Crippen molar-refractivity contribution in [3.8, 4) is 11.3 Å². The summed E-state index contributed by atoms with van der Waals surface area (Å²) >= 11 is 3.52. The zero-order chi connectivity index (χ0) is 28.5. The van der Waals surface area contributed by atoms with Crippen molar-refractivity contribution in [3.63, 3.8) is 0 Å². The molecule has 1 unspecified atom stereocenters. The summed E-state index contributed by atoms with van der Waals surface area (Å²) in [5.41, 5.74) is 4.96. The number of nitrogens with one attached hydrogen (secondary N) is 2. The molecule has 2 aromatic heterocycles. The van der Waals surface area contributed by atoms with Gasteiger partial charge in [-0.3, -0.25) is 9.69 Å². The first-order chi connectivity index (χ1) is 20.6. The second kappa shape index (κ2) is 12.1. The second-order valence-electron chi connectivity index (χ2n) is 11.0. The summed E-state index contributed by atoms with van der Waals surface area (Å²) in [6.45, 7) is 8.31. The van der Waals surface area contributed by atoms with Crippen molar-refractivity contribution in [2.75, 3.05) is 49.6 Å². The lowest BCUT2D eigenvalue weighted by atomic mass is 10.1. The molecule has 10 heteroatoms. The first kappa shape index (κ1) is 27.5. The van der Waals surface area contributed by atoms with Gasteiger partial charge in [0, 0.05) is 80.2 Å². The number of nitrogens with zero attached hydrogens (tertiary/aromatic N) is 4. The highest BCUT2D eigenvalue weighted by Gasteiger charge is 2.23. The summed E-state index contributed by atoms with van der Waals surface area (Å²) in [7, 11) is 0. The lowest BCUT2D eigenvalue weighted by Crippen LogP contribution is -2.36. The van der Waals surface area contributed by atoms with Crippen molar-refractivity contribution in [1.29, 1.82) is 0 Å². The smallest absolute Gasteiger partial charge is 0.250 e. The molecule has 1 atom stereocenters. The standard InChI is InChI=1S/C32H34N6O2S2/c1-21(32-33-18-22(19-34-32)20-37-9-2-3-10-37)35-23-7-8-27-29(15-23)41-28-6-4-5-25(31(28)42-27)26-16-24(17-30(39)36-26)38-11-13-40-14-12-38/h4-8,15-19,21,35H,2-3,9-14,20H2,1H3,(H,36,39). The van der Waals surface area contributed by atoms with Gasteiger partial charge in [-0.1, -0.05) is 35.7 Å². The Balaban J connectivity index is 1.07. The summed E-state index contributed by atoms with van der Waals surface area (Å²) in [6.07, 6.45) is 6.51. The van der Waals surface area contributed by atoms with E-state index in [1.165, 1.54) is 51.1 Å². The van der Waals surface area contributed by atoms with Crippen molar-refractivity contribution in [3.05, 3.63) is 82.7 Å². The average Bonchev–Trinajstić information content (AvgIpc) is 3.53. The fourth-order valence-corrected chi connectivity index (χ4v) is 8.18. The molecule has 0 spiro atoms. The molecule has 2 fully saturated rings. The molecule has 2 aromatic carbocycles. The van der Waals surface area contributed by atoms with Crippen molar-refractivity contribution in [2.45, 2.75) is 51.9 Å². The summed E-state index contributed by atoms with van der Waals surface area (Å²) in [6, 6.07) is 16.6. The monoisotopic (exact) mass is 598 g/mol. The molecule has 0 aliphatic carbocycles. The Morgan fingerprint density at radius 1 is 0.952 bits per heavy atom. The van der Waals surface area contributed by atoms with Crippen molar-refractivity contribution in [2.24, 2.45) is 0 Å². The van der Waals surface area contributed by atoms with E-state index in [-0.39, 0.29) is 11.6 Å². The Labute approximate surface area is 254 Å². The summed E-state index contributed by atoms with van der Waals surface area (Å²) in [4.78, 5) is 34.5. The maximum Gasteiger partial charge on any atom is 0.250 e. The topological polar surface area (TPSA) is 86.4 Å². The quantitative estimate of drug-likeness (QED) is 0.232. The lowest BCUT2D eigenvalue weighted by molar-refractivity contribution is 0.122. The molecule has 3 aliphatic heterocycles. The molecular formula is C32H34N6O2S2. The van der Waals surface area contributed by atoms with Gasteiger partial charge in [0.25, 0.3) is 0 Å². The molecule has 216 valence electrons. The normalized spacial score (nSPS) is 17.5. The molecule has 0 radical (unpaired) electrons. The van der Waals surface area contributed by atoms with Crippen LogP contribution in [0.1, 0.15) is 37.2 Å². The van der Waals surface area contributed by atoms with Crippen LogP contribution in [0, 0.1) is 0 Å². The fourth-order valence-electron chi connectivity index (χ4n) is 5.77. The molecule has 2 saturated heterocycles. The number of H-pyrrole nitrogens is 1. The van der Waals surface area contributed by atoms with Crippen LogP contribution >= 0.6 is 23.5 Å². The Morgan fingerprint density at radius 2 is 1.76 bits per heavy atom. The fraction of sp³-hybridized carbons (Fsp3) is 0.344. The summed E-state index contributed by atoms with van der Waals surface area (Å²) in [5, 5.41) is 3.59. The van der Waals surface area contributed by atoms with Crippen LogP contribution in [0.3, 0.4) is 0 Å². The number of fused-ring (bicyclic) bond motifs is 2. The van der Waals surface area contributed by atoms with Crippen molar-refractivity contribution in [1.82, 2.24) is 19.9 Å². The van der Waals surface area contributed by atoms with Crippen molar-refractivity contribution >= 4 is 34.9 Å². The average molecular weight is 599 g/mol. The number of anilines is 2. The number of aromatic amines is 1. The van der Waals surface area contributed by atoms with Gasteiger partial charge in [-0.2, -0.15) is 0 Å². The molecule has 3 aliphatic rings. The number of benzene rings is 2. The minimum atomic E-state index is -0.0875. The van der Waals surface area contributed by atoms with E-state index in [1.807, 2.05) is 12.4 Å². The third-order valence-electron chi connectivity index (χ3n) is 7.95. The first-order valence-electron chi connectivity index (χ1n) is 14.6. The molecule has 8 nitrogen and oxygen atoms in total. The number of rotatable bonds is 7. The predicted octanol–water partition coefficient (Wildman–Crippen LogP) is 6.05. The predicted molar refractivity (Wildman–Crippen MR) is 169 cm³/mol. The van der Waals surface area contributed by atoms with E-state index in [4.69, 9.17) is 4.74 Å². The highest BCUT2D eigenvalue weighted by Crippen LogP contribution is 2.52. The second-order valence-corrected chi connectivity index (χ2v) is 13.1.